The highest BCUT2D eigenvalue weighted by Crippen LogP contribution is 2.25. The molecule has 2 heterocycles. The third-order valence-electron chi connectivity index (χ3n) is 4.09. The Kier molecular flexibility index (Phi) is 3.86. The highest BCUT2D eigenvalue weighted by Gasteiger charge is 2.39. The fourth-order valence-electron chi connectivity index (χ4n) is 2.66. The number of likely N-dealkylation sites (N-methyl/N-ethyl adjacent to an activating group) is 1. The number of aryl methyl sites for hydroxylation is 1. The van der Waals surface area contributed by atoms with Gasteiger partial charge < -0.3 is 9.47 Å². The number of amides is 1. The number of carbonyl (C=O) groups excluding carboxylic acids is 1. The van der Waals surface area contributed by atoms with E-state index in [1.165, 1.54) is 0 Å². The van der Waals surface area contributed by atoms with Crippen molar-refractivity contribution in [2.75, 3.05) is 13.6 Å². The molecule has 6 heteroatoms. The van der Waals surface area contributed by atoms with Crippen LogP contribution < -0.4 is 0 Å². The molecule has 0 aromatic carbocycles. The number of carbonyl (C=O) groups is 1. The van der Waals surface area contributed by atoms with Crippen LogP contribution in [0.15, 0.2) is 0 Å². The van der Waals surface area contributed by atoms with E-state index in [0.717, 1.165) is 24.6 Å². The van der Waals surface area contributed by atoms with Gasteiger partial charge in [0.2, 0.25) is 5.91 Å². The maximum atomic E-state index is 12.5. The van der Waals surface area contributed by atoms with E-state index in [0.29, 0.717) is 6.54 Å². The zero-order valence-electron chi connectivity index (χ0n) is 13.3. The fourth-order valence-corrected chi connectivity index (χ4v) is 2.66. The zero-order valence-corrected chi connectivity index (χ0v) is 13.3. The summed E-state index contributed by atoms with van der Waals surface area (Å²) in [7, 11) is 3.94. The maximum absolute atomic E-state index is 12.5. The lowest BCUT2D eigenvalue weighted by molar-refractivity contribution is -0.135. The van der Waals surface area contributed by atoms with Crippen molar-refractivity contribution in [3.05, 3.63) is 11.6 Å². The van der Waals surface area contributed by atoms with Crippen LogP contribution in [-0.4, -0.2) is 55.6 Å². The molecule has 1 amide bonds. The fraction of sp³-hybridized carbons (Fsp3) is 0.786. The van der Waals surface area contributed by atoms with Gasteiger partial charge in [0.25, 0.3) is 0 Å². The van der Waals surface area contributed by atoms with Crippen molar-refractivity contribution in [1.82, 2.24) is 24.6 Å². The van der Waals surface area contributed by atoms with Gasteiger partial charge in [-0.15, -0.1) is 10.2 Å². The maximum Gasteiger partial charge on any atom is 0.240 e. The van der Waals surface area contributed by atoms with E-state index in [-0.39, 0.29) is 17.5 Å². The SMILES string of the molecule is Cc1nnc(CN(C)C2CCN(C(C)(C)C)C2=O)n1C. The molecule has 0 radical (unpaired) electrons. The van der Waals surface area contributed by atoms with Gasteiger partial charge in [0.05, 0.1) is 12.6 Å². The monoisotopic (exact) mass is 279 g/mol. The number of likely N-dealkylation sites (tertiary alicyclic amines) is 1. The Hall–Kier alpha value is -1.43. The molecule has 20 heavy (non-hydrogen) atoms. The minimum atomic E-state index is -0.103. The molecule has 1 saturated heterocycles. The summed E-state index contributed by atoms with van der Waals surface area (Å²) >= 11 is 0. The first-order valence-corrected chi connectivity index (χ1v) is 7.08. The smallest absolute Gasteiger partial charge is 0.240 e. The van der Waals surface area contributed by atoms with Gasteiger partial charge in [-0.05, 0) is 41.2 Å². The normalized spacial score (nSPS) is 20.2. The molecule has 112 valence electrons. The summed E-state index contributed by atoms with van der Waals surface area (Å²) in [6.45, 7) is 9.65. The van der Waals surface area contributed by atoms with Gasteiger partial charge in [0.15, 0.2) is 0 Å². The molecule has 1 aliphatic rings. The van der Waals surface area contributed by atoms with E-state index in [1.54, 1.807) is 0 Å². The molecule has 0 spiro atoms. The van der Waals surface area contributed by atoms with Crippen LogP contribution in [0.3, 0.4) is 0 Å². The minimum absolute atomic E-state index is 0.0498. The molecule has 1 aromatic rings. The van der Waals surface area contributed by atoms with Gasteiger partial charge in [0.1, 0.15) is 11.6 Å². The van der Waals surface area contributed by atoms with Crippen molar-refractivity contribution < 1.29 is 4.79 Å². The zero-order chi connectivity index (χ0) is 15.1. The van der Waals surface area contributed by atoms with E-state index in [9.17, 15) is 4.79 Å². The number of rotatable bonds is 3. The lowest BCUT2D eigenvalue weighted by atomic mass is 10.1. The Morgan fingerprint density at radius 3 is 2.45 bits per heavy atom. The largest absolute Gasteiger partial charge is 0.336 e. The van der Waals surface area contributed by atoms with Crippen molar-refractivity contribution in [2.45, 2.75) is 52.2 Å². The first-order chi connectivity index (χ1) is 9.21. The van der Waals surface area contributed by atoms with Crippen LogP contribution in [-0.2, 0) is 18.4 Å². The minimum Gasteiger partial charge on any atom is -0.336 e. The molecule has 1 fully saturated rings. The van der Waals surface area contributed by atoms with Crippen LogP contribution >= 0.6 is 0 Å². The lowest BCUT2D eigenvalue weighted by Crippen LogP contribution is -2.47. The average molecular weight is 279 g/mol. The molecule has 0 aliphatic carbocycles. The van der Waals surface area contributed by atoms with Gasteiger partial charge in [-0.25, -0.2) is 0 Å². The Morgan fingerprint density at radius 1 is 1.35 bits per heavy atom. The van der Waals surface area contributed by atoms with Crippen molar-refractivity contribution in [1.29, 1.82) is 0 Å². The third kappa shape index (κ3) is 2.70. The molecule has 6 nitrogen and oxygen atoms in total. The van der Waals surface area contributed by atoms with E-state index in [1.807, 2.05) is 30.5 Å². The molecule has 1 aliphatic heterocycles. The summed E-state index contributed by atoms with van der Waals surface area (Å²) in [4.78, 5) is 16.6. The van der Waals surface area contributed by atoms with Gasteiger partial charge in [-0.1, -0.05) is 0 Å². The van der Waals surface area contributed by atoms with E-state index in [2.05, 4.69) is 35.9 Å². The van der Waals surface area contributed by atoms with Gasteiger partial charge in [0, 0.05) is 19.1 Å². The van der Waals surface area contributed by atoms with Gasteiger partial charge in [-0.2, -0.15) is 0 Å². The van der Waals surface area contributed by atoms with Crippen LogP contribution in [0.4, 0.5) is 0 Å². The van der Waals surface area contributed by atoms with Crippen LogP contribution in [0.5, 0.6) is 0 Å². The number of hydrogen-bond acceptors (Lipinski definition) is 4. The molecule has 1 aromatic heterocycles. The summed E-state index contributed by atoms with van der Waals surface area (Å²) in [5, 5.41) is 8.23. The summed E-state index contributed by atoms with van der Waals surface area (Å²) < 4.78 is 1.97. The van der Waals surface area contributed by atoms with Gasteiger partial charge >= 0.3 is 0 Å². The second-order valence-electron chi connectivity index (χ2n) is 6.60. The molecule has 1 atom stereocenters. The Bertz CT molecular complexity index is 502. The van der Waals surface area contributed by atoms with Crippen LogP contribution in [0.25, 0.3) is 0 Å². The predicted octanol–water partition coefficient (Wildman–Crippen LogP) is 0.955. The highest BCUT2D eigenvalue weighted by atomic mass is 16.2. The summed E-state index contributed by atoms with van der Waals surface area (Å²) in [5.74, 6) is 2.01. The standard InChI is InChI=1S/C14H25N5O/c1-10-15-16-12(18(10)6)9-17(5)11-7-8-19(13(11)20)14(2,3)4/h11H,7-9H2,1-6H3. The number of nitrogens with zero attached hydrogens (tertiary/aromatic N) is 5. The second-order valence-corrected chi connectivity index (χ2v) is 6.60. The molecule has 1 unspecified atom stereocenters. The Balaban J connectivity index is 2.06. The highest BCUT2D eigenvalue weighted by molar-refractivity contribution is 5.84. The second kappa shape index (κ2) is 5.16. The van der Waals surface area contributed by atoms with Crippen LogP contribution in [0.2, 0.25) is 0 Å². The van der Waals surface area contributed by atoms with Crippen LogP contribution in [0, 0.1) is 6.92 Å². The van der Waals surface area contributed by atoms with Crippen molar-refractivity contribution in [2.24, 2.45) is 7.05 Å². The molecule has 0 N–H and O–H groups in total. The first kappa shape index (κ1) is 15.0. The summed E-state index contributed by atoms with van der Waals surface area (Å²) in [6.07, 6.45) is 0.878. The van der Waals surface area contributed by atoms with E-state index < -0.39 is 0 Å². The summed E-state index contributed by atoms with van der Waals surface area (Å²) in [5.41, 5.74) is -0.103. The molecular weight excluding hydrogens is 254 g/mol. The third-order valence-corrected chi connectivity index (χ3v) is 4.09. The first-order valence-electron chi connectivity index (χ1n) is 7.08. The van der Waals surface area contributed by atoms with Gasteiger partial charge in [-0.3, -0.25) is 9.69 Å². The predicted molar refractivity (Wildman–Crippen MR) is 77.1 cm³/mol. The van der Waals surface area contributed by atoms with E-state index in [4.69, 9.17) is 0 Å². The topological polar surface area (TPSA) is 54.3 Å². The van der Waals surface area contributed by atoms with Crippen molar-refractivity contribution in [3.8, 4) is 0 Å². The average Bonchev–Trinajstić information content (AvgIpc) is 2.86. The van der Waals surface area contributed by atoms with E-state index >= 15 is 0 Å². The molecule has 2 rings (SSSR count). The summed E-state index contributed by atoms with van der Waals surface area (Å²) in [6, 6.07) is -0.0498. The molecular formula is C14H25N5O. The lowest BCUT2D eigenvalue weighted by Gasteiger charge is -2.33. The van der Waals surface area contributed by atoms with Crippen molar-refractivity contribution >= 4 is 5.91 Å². The number of hydrogen-bond donors (Lipinski definition) is 0. The molecule has 0 saturated carbocycles. The Labute approximate surface area is 120 Å². The Morgan fingerprint density at radius 2 is 2.00 bits per heavy atom. The number of aromatic nitrogens is 3. The molecule has 0 bridgehead atoms. The van der Waals surface area contributed by atoms with Crippen LogP contribution in [0.1, 0.15) is 38.8 Å². The van der Waals surface area contributed by atoms with Crippen molar-refractivity contribution in [3.63, 3.8) is 0 Å². The quantitative estimate of drug-likeness (QED) is 0.827.